The highest BCUT2D eigenvalue weighted by Crippen LogP contribution is 2.14. The maximum Gasteiger partial charge on any atom is 0.323 e. The molecule has 7 heteroatoms. The number of benzene rings is 1. The first-order chi connectivity index (χ1) is 9.58. The third kappa shape index (κ3) is 4.91. The van der Waals surface area contributed by atoms with Crippen LogP contribution in [0.15, 0.2) is 24.3 Å². The summed E-state index contributed by atoms with van der Waals surface area (Å²) in [5, 5.41) is 11.5. The van der Waals surface area contributed by atoms with E-state index in [1.54, 1.807) is 24.3 Å². The van der Waals surface area contributed by atoms with Crippen LogP contribution < -0.4 is 11.1 Å². The lowest BCUT2D eigenvalue weighted by Gasteiger charge is -2.09. The number of methoxy groups -OCH3 is 1. The van der Waals surface area contributed by atoms with Crippen molar-refractivity contribution in [1.29, 1.82) is 5.26 Å². The zero-order chi connectivity index (χ0) is 15.0. The van der Waals surface area contributed by atoms with Crippen LogP contribution >= 0.6 is 11.8 Å². The molecule has 0 aliphatic rings. The molecule has 0 aliphatic carbocycles. The van der Waals surface area contributed by atoms with Gasteiger partial charge in [-0.25, -0.2) is 0 Å². The number of esters is 1. The first-order valence-corrected chi connectivity index (χ1v) is 6.94. The number of ether oxygens (including phenoxy) is 1. The second-order valence-electron chi connectivity index (χ2n) is 3.85. The number of carbonyl (C=O) groups excluding carboxylic acids is 2. The topological polar surface area (TPSA) is 105 Å². The Morgan fingerprint density at radius 1 is 1.50 bits per heavy atom. The summed E-state index contributed by atoms with van der Waals surface area (Å²) < 4.78 is 4.48. The molecular formula is C13H15N3O3S. The van der Waals surface area contributed by atoms with Crippen LogP contribution in [0.5, 0.6) is 0 Å². The maximum absolute atomic E-state index is 11.7. The Kier molecular flexibility index (Phi) is 6.56. The first-order valence-electron chi connectivity index (χ1n) is 5.78. The van der Waals surface area contributed by atoms with Gasteiger partial charge in [0.15, 0.2) is 0 Å². The number of hydrogen-bond donors (Lipinski definition) is 2. The molecule has 0 radical (unpaired) electrons. The van der Waals surface area contributed by atoms with Gasteiger partial charge in [0.2, 0.25) is 5.91 Å². The highest BCUT2D eigenvalue weighted by Gasteiger charge is 2.14. The maximum atomic E-state index is 11.7. The van der Waals surface area contributed by atoms with Crippen LogP contribution in [0.25, 0.3) is 0 Å². The van der Waals surface area contributed by atoms with Gasteiger partial charge in [0.05, 0.1) is 24.1 Å². The SMILES string of the molecule is COC(=O)C(N)CSCC(=O)Nc1ccccc1C#N. The summed E-state index contributed by atoms with van der Waals surface area (Å²) in [4.78, 5) is 22.8. The fourth-order valence-electron chi connectivity index (χ4n) is 1.37. The number of anilines is 1. The van der Waals surface area contributed by atoms with E-state index < -0.39 is 12.0 Å². The van der Waals surface area contributed by atoms with Gasteiger partial charge in [0, 0.05) is 5.75 Å². The molecule has 0 aliphatic heterocycles. The molecule has 0 fully saturated rings. The lowest BCUT2D eigenvalue weighted by molar-refractivity contribution is -0.141. The minimum atomic E-state index is -0.746. The van der Waals surface area contributed by atoms with Crippen molar-refractivity contribution in [2.24, 2.45) is 5.73 Å². The summed E-state index contributed by atoms with van der Waals surface area (Å²) in [5.74, 6) is -0.327. The van der Waals surface area contributed by atoms with E-state index in [-0.39, 0.29) is 11.7 Å². The van der Waals surface area contributed by atoms with E-state index in [2.05, 4.69) is 10.1 Å². The highest BCUT2D eigenvalue weighted by atomic mass is 32.2. The minimum absolute atomic E-state index is 0.143. The third-order valence-corrected chi connectivity index (χ3v) is 3.42. The number of rotatable bonds is 6. The lowest BCUT2D eigenvalue weighted by Crippen LogP contribution is -2.34. The zero-order valence-corrected chi connectivity index (χ0v) is 11.8. The van der Waals surface area contributed by atoms with Gasteiger partial charge in [-0.1, -0.05) is 12.1 Å². The van der Waals surface area contributed by atoms with E-state index >= 15 is 0 Å². The Bertz CT molecular complexity index is 528. The van der Waals surface area contributed by atoms with Gasteiger partial charge in [-0.3, -0.25) is 9.59 Å². The molecule has 0 bridgehead atoms. The van der Waals surface area contributed by atoms with Gasteiger partial charge < -0.3 is 15.8 Å². The van der Waals surface area contributed by atoms with E-state index in [4.69, 9.17) is 11.0 Å². The van der Waals surface area contributed by atoms with E-state index in [1.807, 2.05) is 6.07 Å². The van der Waals surface area contributed by atoms with Gasteiger partial charge in [0.1, 0.15) is 12.1 Å². The number of hydrogen-bond acceptors (Lipinski definition) is 6. The number of nitrogens with one attached hydrogen (secondary N) is 1. The van der Waals surface area contributed by atoms with E-state index in [1.165, 1.54) is 18.9 Å². The summed E-state index contributed by atoms with van der Waals surface area (Å²) in [6.45, 7) is 0. The van der Waals surface area contributed by atoms with E-state index in [9.17, 15) is 9.59 Å². The van der Waals surface area contributed by atoms with Crippen molar-refractivity contribution in [3.8, 4) is 6.07 Å². The smallest absolute Gasteiger partial charge is 0.323 e. The molecule has 20 heavy (non-hydrogen) atoms. The van der Waals surface area contributed by atoms with Gasteiger partial charge >= 0.3 is 5.97 Å². The number of nitrogens with two attached hydrogens (primary N) is 1. The second kappa shape index (κ2) is 8.19. The molecule has 0 aromatic heterocycles. The van der Waals surface area contributed by atoms with E-state index in [0.29, 0.717) is 17.0 Å². The average molecular weight is 293 g/mol. The molecule has 3 N–H and O–H groups in total. The van der Waals surface area contributed by atoms with Crippen LogP contribution in [-0.4, -0.2) is 36.5 Å². The predicted octanol–water partition coefficient (Wildman–Crippen LogP) is 0.730. The first kappa shape index (κ1) is 16.0. The summed E-state index contributed by atoms with van der Waals surface area (Å²) in [6.07, 6.45) is 0. The Balaban J connectivity index is 2.41. The number of amides is 1. The molecule has 1 aromatic rings. The van der Waals surface area contributed by atoms with Crippen molar-refractivity contribution < 1.29 is 14.3 Å². The van der Waals surface area contributed by atoms with Gasteiger partial charge in [-0.2, -0.15) is 5.26 Å². The predicted molar refractivity (Wildman–Crippen MR) is 77.1 cm³/mol. The zero-order valence-electron chi connectivity index (χ0n) is 11.0. The van der Waals surface area contributed by atoms with Crippen LogP contribution in [0.2, 0.25) is 0 Å². The quantitative estimate of drug-likeness (QED) is 0.749. The van der Waals surface area contributed by atoms with Crippen LogP contribution in [0, 0.1) is 11.3 Å². The standard InChI is InChI=1S/C13H15N3O3S/c1-19-13(18)10(15)7-20-8-12(17)16-11-5-3-2-4-9(11)6-14/h2-5,10H,7-8,15H2,1H3,(H,16,17). The number of thioether (sulfide) groups is 1. The summed E-state index contributed by atoms with van der Waals surface area (Å²) in [7, 11) is 1.26. The van der Waals surface area contributed by atoms with Crippen molar-refractivity contribution in [1.82, 2.24) is 0 Å². The van der Waals surface area contributed by atoms with Crippen LogP contribution in [0.1, 0.15) is 5.56 Å². The summed E-state index contributed by atoms with van der Waals surface area (Å²) in [6, 6.07) is 7.98. The Hall–Kier alpha value is -2.04. The molecule has 1 unspecified atom stereocenters. The number of para-hydroxylation sites is 1. The Morgan fingerprint density at radius 3 is 2.85 bits per heavy atom. The van der Waals surface area contributed by atoms with Crippen LogP contribution in [-0.2, 0) is 14.3 Å². The summed E-state index contributed by atoms with van der Waals surface area (Å²) in [5.41, 5.74) is 6.41. The van der Waals surface area contributed by atoms with Crippen LogP contribution in [0.3, 0.4) is 0 Å². The fraction of sp³-hybridized carbons (Fsp3) is 0.308. The number of nitriles is 1. The van der Waals surface area contributed by atoms with Crippen molar-refractivity contribution in [2.45, 2.75) is 6.04 Å². The molecule has 6 nitrogen and oxygen atoms in total. The second-order valence-corrected chi connectivity index (χ2v) is 4.88. The Morgan fingerprint density at radius 2 is 2.20 bits per heavy atom. The molecule has 1 amide bonds. The largest absolute Gasteiger partial charge is 0.468 e. The average Bonchev–Trinajstić information content (AvgIpc) is 2.46. The van der Waals surface area contributed by atoms with Crippen molar-refractivity contribution >= 4 is 29.3 Å². The molecule has 1 atom stereocenters. The molecule has 0 spiro atoms. The highest BCUT2D eigenvalue weighted by molar-refractivity contribution is 8.00. The normalized spacial score (nSPS) is 11.2. The number of nitrogens with zero attached hydrogens (tertiary/aromatic N) is 1. The summed E-state index contributed by atoms with van der Waals surface area (Å²) >= 11 is 1.23. The minimum Gasteiger partial charge on any atom is -0.468 e. The van der Waals surface area contributed by atoms with Gasteiger partial charge in [0.25, 0.3) is 0 Å². The van der Waals surface area contributed by atoms with Gasteiger partial charge in [-0.05, 0) is 12.1 Å². The Labute approximate surface area is 121 Å². The van der Waals surface area contributed by atoms with Crippen LogP contribution in [0.4, 0.5) is 5.69 Å². The molecular weight excluding hydrogens is 278 g/mol. The molecule has 106 valence electrons. The third-order valence-electron chi connectivity index (χ3n) is 2.36. The monoisotopic (exact) mass is 293 g/mol. The lowest BCUT2D eigenvalue weighted by atomic mass is 10.2. The molecule has 1 aromatic carbocycles. The fourth-order valence-corrected chi connectivity index (χ4v) is 2.14. The van der Waals surface area contributed by atoms with Crippen molar-refractivity contribution in [3.63, 3.8) is 0 Å². The molecule has 1 rings (SSSR count). The van der Waals surface area contributed by atoms with Gasteiger partial charge in [-0.15, -0.1) is 11.8 Å². The molecule has 0 heterocycles. The van der Waals surface area contributed by atoms with Crippen molar-refractivity contribution in [3.05, 3.63) is 29.8 Å². The molecule has 0 saturated heterocycles. The number of carbonyl (C=O) groups is 2. The van der Waals surface area contributed by atoms with E-state index in [0.717, 1.165) is 0 Å². The molecule has 0 saturated carbocycles. The van der Waals surface area contributed by atoms with Crippen molar-refractivity contribution in [2.75, 3.05) is 23.9 Å².